The van der Waals surface area contributed by atoms with Crippen LogP contribution in [-0.2, 0) is 9.53 Å². The number of esters is 1. The number of halogens is 1. The van der Waals surface area contributed by atoms with Gasteiger partial charge in [0.15, 0.2) is 0 Å². The van der Waals surface area contributed by atoms with Crippen LogP contribution in [0.15, 0.2) is 0 Å². The van der Waals surface area contributed by atoms with Crippen molar-refractivity contribution in [2.75, 3.05) is 12.5 Å². The highest BCUT2D eigenvalue weighted by Gasteiger charge is 2.01. The minimum absolute atomic E-state index is 0.0619. The van der Waals surface area contributed by atoms with Crippen molar-refractivity contribution in [3.05, 3.63) is 0 Å². The summed E-state index contributed by atoms with van der Waals surface area (Å²) in [6.45, 7) is 2.86. The summed E-state index contributed by atoms with van der Waals surface area (Å²) in [6, 6.07) is 0. The van der Waals surface area contributed by atoms with Crippen molar-refractivity contribution in [2.24, 2.45) is 0 Å². The summed E-state index contributed by atoms with van der Waals surface area (Å²) in [4.78, 5) is 11.4. The number of carbonyl (C=O) groups is 1. The van der Waals surface area contributed by atoms with Gasteiger partial charge >= 0.3 is 5.97 Å². The highest BCUT2D eigenvalue weighted by molar-refractivity contribution is 6.17. The number of hydrogen-bond acceptors (Lipinski definition) is 2. The number of carbonyl (C=O) groups excluding carboxylic acids is 1. The molecule has 0 aromatic carbocycles. The van der Waals surface area contributed by atoms with Gasteiger partial charge in [-0.3, -0.25) is 4.79 Å². The number of rotatable bonds is 17. The fraction of sp³-hybridized carbons (Fsp3) is 0.947. The van der Waals surface area contributed by atoms with Crippen LogP contribution in [0.3, 0.4) is 0 Å². The fourth-order valence-corrected chi connectivity index (χ4v) is 2.75. The molecular weight excluding hydrogens is 296 g/mol. The zero-order valence-corrected chi connectivity index (χ0v) is 15.5. The maximum absolute atomic E-state index is 11.4. The first-order chi connectivity index (χ1) is 10.8. The van der Waals surface area contributed by atoms with E-state index in [4.69, 9.17) is 16.3 Å². The summed E-state index contributed by atoms with van der Waals surface area (Å²) in [5, 5.41) is 0. The van der Waals surface area contributed by atoms with E-state index < -0.39 is 0 Å². The standard InChI is InChI=1S/C19H37ClO2/c1-2-3-4-5-6-7-8-9-10-11-12-15-18-22-19(21)16-13-14-17-20/h2-18H2,1H3. The Morgan fingerprint density at radius 3 is 1.73 bits per heavy atom. The average molecular weight is 333 g/mol. The summed E-state index contributed by atoms with van der Waals surface area (Å²) >= 11 is 5.57. The van der Waals surface area contributed by atoms with Crippen molar-refractivity contribution in [3.8, 4) is 0 Å². The lowest BCUT2D eigenvalue weighted by atomic mass is 10.1. The number of alkyl halides is 1. The lowest BCUT2D eigenvalue weighted by Crippen LogP contribution is -2.05. The molecule has 0 spiro atoms. The Labute approximate surface area is 143 Å². The molecule has 0 radical (unpaired) electrons. The zero-order valence-electron chi connectivity index (χ0n) is 14.7. The fourth-order valence-electron chi connectivity index (χ4n) is 2.57. The molecule has 0 saturated carbocycles. The van der Waals surface area contributed by atoms with Gasteiger partial charge < -0.3 is 4.74 Å². The largest absolute Gasteiger partial charge is 0.466 e. The van der Waals surface area contributed by atoms with Gasteiger partial charge in [-0.25, -0.2) is 0 Å². The maximum atomic E-state index is 11.4. The summed E-state index contributed by atoms with van der Waals surface area (Å²) < 4.78 is 5.20. The second-order valence-corrected chi connectivity index (χ2v) is 6.63. The van der Waals surface area contributed by atoms with Gasteiger partial charge in [0, 0.05) is 12.3 Å². The predicted octanol–water partition coefficient (Wildman–Crippen LogP) is 6.64. The van der Waals surface area contributed by atoms with E-state index in [1.165, 1.54) is 70.6 Å². The van der Waals surface area contributed by atoms with Gasteiger partial charge in [0.1, 0.15) is 0 Å². The van der Waals surface area contributed by atoms with Gasteiger partial charge in [-0.1, -0.05) is 77.6 Å². The summed E-state index contributed by atoms with van der Waals surface area (Å²) in [6.07, 6.45) is 18.2. The molecule has 0 saturated heterocycles. The summed E-state index contributed by atoms with van der Waals surface area (Å²) in [5.41, 5.74) is 0. The van der Waals surface area contributed by atoms with Crippen LogP contribution in [0.5, 0.6) is 0 Å². The lowest BCUT2D eigenvalue weighted by Gasteiger charge is -2.05. The third-order valence-electron chi connectivity index (χ3n) is 4.03. The predicted molar refractivity (Wildman–Crippen MR) is 96.6 cm³/mol. The SMILES string of the molecule is CCCCCCCCCCCCCCOC(=O)CCCCCl. The molecule has 0 N–H and O–H groups in total. The van der Waals surface area contributed by atoms with Crippen LogP contribution in [0.1, 0.15) is 103 Å². The Morgan fingerprint density at radius 2 is 1.23 bits per heavy atom. The first kappa shape index (κ1) is 21.8. The molecule has 0 fully saturated rings. The Balaban J connectivity index is 3.06. The van der Waals surface area contributed by atoms with Crippen LogP contribution in [0.4, 0.5) is 0 Å². The van der Waals surface area contributed by atoms with Crippen LogP contribution in [0.25, 0.3) is 0 Å². The third kappa shape index (κ3) is 17.8. The first-order valence-electron chi connectivity index (χ1n) is 9.52. The second-order valence-electron chi connectivity index (χ2n) is 6.26. The van der Waals surface area contributed by atoms with Gasteiger partial charge in [-0.2, -0.15) is 0 Å². The molecule has 132 valence electrons. The van der Waals surface area contributed by atoms with Crippen LogP contribution in [0.2, 0.25) is 0 Å². The monoisotopic (exact) mass is 332 g/mol. The van der Waals surface area contributed by atoms with E-state index in [-0.39, 0.29) is 5.97 Å². The van der Waals surface area contributed by atoms with Gasteiger partial charge in [0.05, 0.1) is 6.61 Å². The molecule has 0 bridgehead atoms. The van der Waals surface area contributed by atoms with Crippen LogP contribution in [0, 0.1) is 0 Å². The second kappa shape index (κ2) is 18.8. The Bertz CT molecular complexity index is 231. The van der Waals surface area contributed by atoms with Crippen LogP contribution in [-0.4, -0.2) is 18.5 Å². The van der Waals surface area contributed by atoms with E-state index >= 15 is 0 Å². The van der Waals surface area contributed by atoms with Crippen molar-refractivity contribution >= 4 is 17.6 Å². The van der Waals surface area contributed by atoms with Gasteiger partial charge in [0.25, 0.3) is 0 Å². The quantitative estimate of drug-likeness (QED) is 0.169. The van der Waals surface area contributed by atoms with E-state index in [0.717, 1.165) is 19.3 Å². The normalized spacial score (nSPS) is 10.8. The van der Waals surface area contributed by atoms with Crippen LogP contribution < -0.4 is 0 Å². The van der Waals surface area contributed by atoms with Crippen LogP contribution >= 0.6 is 11.6 Å². The van der Waals surface area contributed by atoms with Crippen molar-refractivity contribution in [1.82, 2.24) is 0 Å². The molecule has 22 heavy (non-hydrogen) atoms. The number of hydrogen-bond donors (Lipinski definition) is 0. The van der Waals surface area contributed by atoms with Crippen molar-refractivity contribution in [2.45, 2.75) is 103 Å². The first-order valence-corrected chi connectivity index (χ1v) is 10.1. The molecule has 2 nitrogen and oxygen atoms in total. The van der Waals surface area contributed by atoms with Crippen molar-refractivity contribution in [3.63, 3.8) is 0 Å². The maximum Gasteiger partial charge on any atom is 0.305 e. The van der Waals surface area contributed by atoms with Crippen molar-refractivity contribution in [1.29, 1.82) is 0 Å². The zero-order chi connectivity index (χ0) is 16.3. The molecule has 0 rings (SSSR count). The smallest absolute Gasteiger partial charge is 0.305 e. The Morgan fingerprint density at radius 1 is 0.727 bits per heavy atom. The third-order valence-corrected chi connectivity index (χ3v) is 4.29. The van der Waals surface area contributed by atoms with Gasteiger partial charge in [-0.15, -0.1) is 11.6 Å². The molecule has 0 aliphatic heterocycles. The highest BCUT2D eigenvalue weighted by atomic mass is 35.5. The molecule has 0 aliphatic carbocycles. The topological polar surface area (TPSA) is 26.3 Å². The van der Waals surface area contributed by atoms with Crippen molar-refractivity contribution < 1.29 is 9.53 Å². The molecular formula is C19H37ClO2. The van der Waals surface area contributed by atoms with Gasteiger partial charge in [0.2, 0.25) is 0 Å². The molecule has 0 aliphatic rings. The van der Waals surface area contributed by atoms with E-state index in [1.807, 2.05) is 0 Å². The number of ether oxygens (including phenoxy) is 1. The molecule has 0 aromatic heterocycles. The molecule has 0 atom stereocenters. The molecule has 0 aromatic rings. The molecule has 3 heteroatoms. The van der Waals surface area contributed by atoms with E-state index in [2.05, 4.69) is 6.92 Å². The Kier molecular flexibility index (Phi) is 18.6. The van der Waals surface area contributed by atoms with E-state index in [9.17, 15) is 4.79 Å². The minimum atomic E-state index is -0.0619. The van der Waals surface area contributed by atoms with E-state index in [0.29, 0.717) is 18.9 Å². The van der Waals surface area contributed by atoms with Gasteiger partial charge in [-0.05, 0) is 19.3 Å². The van der Waals surface area contributed by atoms with E-state index in [1.54, 1.807) is 0 Å². The summed E-state index contributed by atoms with van der Waals surface area (Å²) in [7, 11) is 0. The molecule has 0 heterocycles. The Hall–Kier alpha value is -0.240. The highest BCUT2D eigenvalue weighted by Crippen LogP contribution is 2.12. The molecule has 0 unspecified atom stereocenters. The average Bonchev–Trinajstić information content (AvgIpc) is 2.52. The lowest BCUT2D eigenvalue weighted by molar-refractivity contribution is -0.143. The molecule has 0 amide bonds. The summed E-state index contributed by atoms with van der Waals surface area (Å²) in [5.74, 6) is 0.569. The minimum Gasteiger partial charge on any atom is -0.466 e. The number of unbranched alkanes of at least 4 members (excludes halogenated alkanes) is 12.